The van der Waals surface area contributed by atoms with Crippen molar-refractivity contribution in [2.45, 2.75) is 24.8 Å². The largest absolute Gasteiger partial charge is 0.480 e. The number of rotatable bonds is 7. The Balaban J connectivity index is 1.91. The van der Waals surface area contributed by atoms with E-state index in [0.29, 0.717) is 18.6 Å². The van der Waals surface area contributed by atoms with Crippen LogP contribution in [0.4, 0.5) is 5.69 Å². The molecule has 1 unspecified atom stereocenters. The minimum atomic E-state index is -0.970. The minimum Gasteiger partial charge on any atom is -0.480 e. The van der Waals surface area contributed by atoms with Crippen LogP contribution in [-0.4, -0.2) is 41.6 Å². The number of anilines is 1. The van der Waals surface area contributed by atoms with Crippen molar-refractivity contribution in [1.82, 2.24) is 5.32 Å². The van der Waals surface area contributed by atoms with Crippen molar-refractivity contribution < 1.29 is 14.7 Å². The highest BCUT2D eigenvalue weighted by Gasteiger charge is 2.26. The highest BCUT2D eigenvalue weighted by Crippen LogP contribution is 2.33. The number of thioether (sulfide) groups is 1. The van der Waals surface area contributed by atoms with Gasteiger partial charge in [-0.3, -0.25) is 4.79 Å². The molecular formula is C15H20N2O3S. The number of benzene rings is 1. The van der Waals surface area contributed by atoms with Gasteiger partial charge >= 0.3 is 5.97 Å². The fraction of sp³-hybridized carbons (Fsp3) is 0.467. The Kier molecular flexibility index (Phi) is 5.50. The first-order valence-corrected chi connectivity index (χ1v) is 8.35. The van der Waals surface area contributed by atoms with Crippen LogP contribution in [0.15, 0.2) is 24.3 Å². The number of carbonyl (C=O) groups is 2. The third-order valence-corrected chi connectivity index (χ3v) is 4.26. The number of carbonyl (C=O) groups excluding carboxylic acids is 1. The zero-order valence-corrected chi connectivity index (χ0v) is 12.8. The van der Waals surface area contributed by atoms with Crippen LogP contribution in [0, 0.1) is 0 Å². The summed E-state index contributed by atoms with van der Waals surface area (Å²) in [7, 11) is 0. The molecular weight excluding hydrogens is 288 g/mol. The van der Waals surface area contributed by atoms with Crippen molar-refractivity contribution >= 4 is 29.3 Å². The van der Waals surface area contributed by atoms with Crippen molar-refractivity contribution in [3.63, 3.8) is 0 Å². The topological polar surface area (TPSA) is 78.4 Å². The van der Waals surface area contributed by atoms with Gasteiger partial charge < -0.3 is 15.7 Å². The van der Waals surface area contributed by atoms with Crippen molar-refractivity contribution in [2.75, 3.05) is 23.9 Å². The molecule has 0 fully saturated rings. The second-order valence-corrected chi connectivity index (χ2v) is 6.09. The molecule has 114 valence electrons. The van der Waals surface area contributed by atoms with Crippen LogP contribution in [0.5, 0.6) is 0 Å². The molecule has 1 aliphatic rings. The van der Waals surface area contributed by atoms with Gasteiger partial charge in [-0.25, -0.2) is 4.79 Å². The molecule has 0 bridgehead atoms. The lowest BCUT2D eigenvalue weighted by molar-refractivity contribution is -0.141. The zero-order chi connectivity index (χ0) is 15.2. The third-order valence-electron chi connectivity index (χ3n) is 3.62. The number of para-hydroxylation sites is 1. The predicted octanol–water partition coefficient (Wildman–Crippen LogP) is 1.91. The van der Waals surface area contributed by atoms with Gasteiger partial charge in [0.25, 0.3) is 0 Å². The molecule has 1 heterocycles. The number of hydrogen-bond donors (Lipinski definition) is 3. The van der Waals surface area contributed by atoms with Gasteiger partial charge in [-0.15, -0.1) is 0 Å². The second kappa shape index (κ2) is 7.36. The Labute approximate surface area is 128 Å². The summed E-state index contributed by atoms with van der Waals surface area (Å²) in [6, 6.07) is 7.11. The predicted molar refractivity (Wildman–Crippen MR) is 84.9 cm³/mol. The molecule has 2 atom stereocenters. The summed E-state index contributed by atoms with van der Waals surface area (Å²) in [6.07, 6.45) is 2.68. The highest BCUT2D eigenvalue weighted by atomic mass is 32.2. The first-order chi connectivity index (χ1) is 10.1. The molecule has 0 aromatic heterocycles. The maximum absolute atomic E-state index is 12.1. The number of aliphatic carboxylic acids is 1. The molecule has 1 aliphatic heterocycles. The van der Waals surface area contributed by atoms with E-state index in [1.807, 2.05) is 30.5 Å². The SMILES string of the molecule is CSCC[C@@H](NC(=O)CC1CNc2ccccc21)C(=O)O. The van der Waals surface area contributed by atoms with Gasteiger partial charge in [-0.05, 0) is 30.1 Å². The number of hydrogen-bond acceptors (Lipinski definition) is 4. The molecule has 6 heteroatoms. The van der Waals surface area contributed by atoms with Gasteiger partial charge in [0.1, 0.15) is 6.04 Å². The molecule has 0 saturated heterocycles. The van der Waals surface area contributed by atoms with Gasteiger partial charge in [0.15, 0.2) is 0 Å². The third kappa shape index (κ3) is 4.14. The molecule has 1 amide bonds. The Morgan fingerprint density at radius 3 is 2.95 bits per heavy atom. The number of amides is 1. The summed E-state index contributed by atoms with van der Waals surface area (Å²) >= 11 is 1.57. The highest BCUT2D eigenvalue weighted by molar-refractivity contribution is 7.98. The Morgan fingerprint density at radius 1 is 1.48 bits per heavy atom. The van der Waals surface area contributed by atoms with Crippen LogP contribution in [0.2, 0.25) is 0 Å². The van der Waals surface area contributed by atoms with Gasteiger partial charge in [0.05, 0.1) is 0 Å². The first-order valence-electron chi connectivity index (χ1n) is 6.95. The lowest BCUT2D eigenvalue weighted by Gasteiger charge is -2.16. The maximum Gasteiger partial charge on any atom is 0.326 e. The fourth-order valence-electron chi connectivity index (χ4n) is 2.51. The van der Waals surface area contributed by atoms with Gasteiger partial charge in [-0.2, -0.15) is 11.8 Å². The van der Waals surface area contributed by atoms with E-state index in [1.165, 1.54) is 0 Å². The van der Waals surface area contributed by atoms with Crippen LogP contribution in [0.3, 0.4) is 0 Å². The Hall–Kier alpha value is -1.69. The summed E-state index contributed by atoms with van der Waals surface area (Å²) in [5.74, 6) is -0.351. The summed E-state index contributed by atoms with van der Waals surface area (Å²) < 4.78 is 0. The summed E-state index contributed by atoms with van der Waals surface area (Å²) in [5, 5.41) is 15.0. The van der Waals surface area contributed by atoms with Gasteiger partial charge in [-0.1, -0.05) is 18.2 Å². The molecule has 1 aromatic carbocycles. The summed E-state index contributed by atoms with van der Waals surface area (Å²) in [6.45, 7) is 0.718. The van der Waals surface area contributed by atoms with E-state index < -0.39 is 12.0 Å². The smallest absolute Gasteiger partial charge is 0.326 e. The van der Waals surface area contributed by atoms with Crippen LogP contribution in [-0.2, 0) is 9.59 Å². The minimum absolute atomic E-state index is 0.108. The van der Waals surface area contributed by atoms with Crippen LogP contribution < -0.4 is 10.6 Å². The quantitative estimate of drug-likeness (QED) is 0.717. The average Bonchev–Trinajstić information content (AvgIpc) is 2.86. The van der Waals surface area contributed by atoms with E-state index in [-0.39, 0.29) is 11.8 Å². The molecule has 0 saturated carbocycles. The van der Waals surface area contributed by atoms with Crippen molar-refractivity contribution in [3.8, 4) is 0 Å². The van der Waals surface area contributed by atoms with Gasteiger partial charge in [0, 0.05) is 24.6 Å². The molecule has 0 aliphatic carbocycles. The molecule has 1 aromatic rings. The lowest BCUT2D eigenvalue weighted by Crippen LogP contribution is -2.41. The van der Waals surface area contributed by atoms with E-state index in [2.05, 4.69) is 10.6 Å². The standard InChI is InChI=1S/C15H20N2O3S/c1-21-7-6-13(15(19)20)17-14(18)8-10-9-16-12-5-3-2-4-11(10)12/h2-5,10,13,16H,6-9H2,1H3,(H,17,18)(H,19,20)/t10?,13-/m1/s1. The molecule has 21 heavy (non-hydrogen) atoms. The van der Waals surface area contributed by atoms with Crippen molar-refractivity contribution in [1.29, 1.82) is 0 Å². The summed E-state index contributed by atoms with van der Waals surface area (Å²) in [5.41, 5.74) is 2.19. The normalized spacial score (nSPS) is 17.7. The van der Waals surface area contributed by atoms with E-state index in [0.717, 1.165) is 17.8 Å². The van der Waals surface area contributed by atoms with E-state index in [9.17, 15) is 9.59 Å². The van der Waals surface area contributed by atoms with Gasteiger partial charge in [0.2, 0.25) is 5.91 Å². The number of carboxylic acid groups (broad SMARTS) is 1. The number of fused-ring (bicyclic) bond motifs is 1. The van der Waals surface area contributed by atoms with Crippen molar-refractivity contribution in [2.24, 2.45) is 0 Å². The van der Waals surface area contributed by atoms with E-state index in [1.54, 1.807) is 11.8 Å². The molecule has 0 radical (unpaired) electrons. The van der Waals surface area contributed by atoms with Crippen molar-refractivity contribution in [3.05, 3.63) is 29.8 Å². The Bertz CT molecular complexity index is 521. The molecule has 0 spiro atoms. The van der Waals surface area contributed by atoms with Crippen LogP contribution in [0.25, 0.3) is 0 Å². The van der Waals surface area contributed by atoms with E-state index >= 15 is 0 Å². The second-order valence-electron chi connectivity index (χ2n) is 5.11. The summed E-state index contributed by atoms with van der Waals surface area (Å²) in [4.78, 5) is 23.2. The van der Waals surface area contributed by atoms with Crippen LogP contribution in [0.1, 0.15) is 24.3 Å². The number of nitrogens with one attached hydrogen (secondary N) is 2. The maximum atomic E-state index is 12.1. The molecule has 5 nitrogen and oxygen atoms in total. The molecule has 3 N–H and O–H groups in total. The number of carboxylic acids is 1. The Morgan fingerprint density at radius 2 is 2.24 bits per heavy atom. The van der Waals surface area contributed by atoms with E-state index in [4.69, 9.17) is 5.11 Å². The zero-order valence-electron chi connectivity index (χ0n) is 12.0. The fourth-order valence-corrected chi connectivity index (χ4v) is 2.98. The van der Waals surface area contributed by atoms with Crippen LogP contribution >= 0.6 is 11.8 Å². The lowest BCUT2D eigenvalue weighted by atomic mass is 9.97. The average molecular weight is 308 g/mol. The first kappa shape index (κ1) is 15.7. The molecule has 2 rings (SSSR count). The monoisotopic (exact) mass is 308 g/mol.